The number of hydrogen-bond donors (Lipinski definition) is 3. The summed E-state index contributed by atoms with van der Waals surface area (Å²) in [7, 11) is 3.48. The molecule has 58 heavy (non-hydrogen) atoms. The first-order chi connectivity index (χ1) is 27.4. The number of oxime groups is 1. The lowest BCUT2D eigenvalue weighted by molar-refractivity contribution is -0.665. The van der Waals surface area contributed by atoms with Crippen molar-refractivity contribution in [2.24, 2.45) is 5.16 Å². The zero-order valence-corrected chi connectivity index (χ0v) is 36.0. The number of hydrogen-bond acceptors (Lipinski definition) is 15. The number of nitrogens with zero attached hydrogens (tertiary/aromatic N) is 7. The number of carbonyl (C=O) groups is 4. The molecule has 18 nitrogen and oxygen atoms in total. The van der Waals surface area contributed by atoms with Crippen LogP contribution in [0.4, 0.5) is 9.93 Å². The highest BCUT2D eigenvalue weighted by Crippen LogP contribution is 2.41. The summed E-state index contributed by atoms with van der Waals surface area (Å²) in [6.45, 7) is 8.80. The Bertz CT molecular complexity index is 2190. The SMILES string of the molecule is CCO/N=C(\C(=O)NC1C(=O)N2C(C(=O)OCc3ccc(OC)cc3)=C(C[n+]3cn(CCCNC)c4cccnc43)CSC12)c1nsc(NC(=O)OC(C)(C)C)n1.[Br-]. The van der Waals surface area contributed by atoms with Crippen molar-refractivity contribution in [3.8, 4) is 5.75 Å². The third kappa shape index (κ3) is 10.3. The van der Waals surface area contributed by atoms with Crippen LogP contribution >= 0.6 is 23.3 Å². The van der Waals surface area contributed by atoms with Crippen LogP contribution in [0, 0.1) is 0 Å². The summed E-state index contributed by atoms with van der Waals surface area (Å²) in [5, 5.41) is 11.8. The van der Waals surface area contributed by atoms with Gasteiger partial charge in [-0.15, -0.1) is 16.7 Å². The Labute approximate surface area is 353 Å². The number of aromatic nitrogens is 5. The molecule has 3 aromatic heterocycles. The number of β-lactam (4-membered cyclic amide) rings is 1. The molecule has 1 fully saturated rings. The maximum Gasteiger partial charge on any atom is 0.414 e. The number of halogens is 1. The van der Waals surface area contributed by atoms with E-state index in [-0.39, 0.29) is 59.1 Å². The molecule has 5 heterocycles. The Balaban J connectivity index is 0.00000641. The molecule has 3 amide bonds. The molecule has 3 N–H and O–H groups in total. The number of ether oxygens (including phenoxy) is 3. The smallest absolute Gasteiger partial charge is 0.414 e. The second kappa shape index (κ2) is 19.6. The van der Waals surface area contributed by atoms with E-state index in [9.17, 15) is 19.2 Å². The number of fused-ring (bicyclic) bond motifs is 2. The van der Waals surface area contributed by atoms with Gasteiger partial charge in [-0.05, 0) is 77.5 Å². The van der Waals surface area contributed by atoms with Gasteiger partial charge in [0, 0.05) is 22.9 Å². The van der Waals surface area contributed by atoms with E-state index in [4.69, 9.17) is 19.0 Å². The number of aryl methyl sites for hydroxylation is 1. The summed E-state index contributed by atoms with van der Waals surface area (Å²) in [6, 6.07) is 9.98. The Morgan fingerprint density at radius 1 is 1.14 bits per heavy atom. The largest absolute Gasteiger partial charge is 1.00 e. The van der Waals surface area contributed by atoms with E-state index in [0.29, 0.717) is 17.1 Å². The lowest BCUT2D eigenvalue weighted by atomic mass is 10.0. The minimum atomic E-state index is -1.03. The van der Waals surface area contributed by atoms with Crippen molar-refractivity contribution in [1.82, 2.24) is 34.4 Å². The number of benzene rings is 1. The van der Waals surface area contributed by atoms with Crippen LogP contribution < -0.4 is 42.2 Å². The highest BCUT2D eigenvalue weighted by atomic mass is 79.9. The highest BCUT2D eigenvalue weighted by molar-refractivity contribution is 8.00. The molecule has 2 aliphatic rings. The molecule has 21 heteroatoms. The van der Waals surface area contributed by atoms with Crippen LogP contribution in [0.1, 0.15) is 45.5 Å². The van der Waals surface area contributed by atoms with Gasteiger partial charge < -0.3 is 46.7 Å². The third-order valence-electron chi connectivity index (χ3n) is 8.62. The molecule has 0 radical (unpaired) electrons. The lowest BCUT2D eigenvalue weighted by Gasteiger charge is -2.49. The van der Waals surface area contributed by atoms with E-state index in [1.165, 1.54) is 16.7 Å². The summed E-state index contributed by atoms with van der Waals surface area (Å²) in [4.78, 5) is 69.5. The maximum atomic E-state index is 14.0. The Kier molecular flexibility index (Phi) is 14.8. The van der Waals surface area contributed by atoms with Crippen molar-refractivity contribution in [3.63, 3.8) is 0 Å². The van der Waals surface area contributed by atoms with Gasteiger partial charge in [-0.2, -0.15) is 9.36 Å². The van der Waals surface area contributed by atoms with Gasteiger partial charge in [0.1, 0.15) is 47.9 Å². The van der Waals surface area contributed by atoms with Gasteiger partial charge in [-0.3, -0.25) is 24.4 Å². The fraction of sp³-hybridized carbons (Fsp3) is 0.432. The molecule has 0 saturated carbocycles. The summed E-state index contributed by atoms with van der Waals surface area (Å²) < 4.78 is 24.6. The predicted octanol–water partition coefficient (Wildman–Crippen LogP) is -0.0174. The Morgan fingerprint density at radius 2 is 1.91 bits per heavy atom. The topological polar surface area (TPSA) is 204 Å². The Morgan fingerprint density at radius 3 is 2.62 bits per heavy atom. The maximum absolute atomic E-state index is 14.0. The van der Waals surface area contributed by atoms with Crippen LogP contribution in [-0.2, 0) is 48.4 Å². The lowest BCUT2D eigenvalue weighted by Crippen LogP contribution is -3.00. The molecule has 6 rings (SSSR count). The van der Waals surface area contributed by atoms with Gasteiger partial charge in [0.25, 0.3) is 11.8 Å². The number of pyridine rings is 1. The molecule has 4 aromatic rings. The molecular formula is C37H45BrN10O8S2. The fourth-order valence-corrected chi connectivity index (χ4v) is 7.95. The van der Waals surface area contributed by atoms with Gasteiger partial charge in [0.15, 0.2) is 11.8 Å². The summed E-state index contributed by atoms with van der Waals surface area (Å²) in [6.07, 6.45) is 3.84. The number of carbonyl (C=O) groups excluding carboxylic acids is 4. The number of nitrogens with one attached hydrogen (secondary N) is 3. The quantitative estimate of drug-likeness (QED) is 0.0339. The minimum absolute atomic E-state index is 0. The van der Waals surface area contributed by atoms with Gasteiger partial charge >= 0.3 is 17.7 Å². The fourth-order valence-electron chi connectivity index (χ4n) is 6.06. The van der Waals surface area contributed by atoms with Crippen molar-refractivity contribution < 1.29 is 59.8 Å². The summed E-state index contributed by atoms with van der Waals surface area (Å²) in [5.74, 6) is -1.08. The van der Waals surface area contributed by atoms with Gasteiger partial charge in [0.05, 0.1) is 20.2 Å². The highest BCUT2D eigenvalue weighted by Gasteiger charge is 2.55. The van der Waals surface area contributed by atoms with E-state index in [1.54, 1.807) is 65.3 Å². The molecule has 2 aliphatic heterocycles. The number of methoxy groups -OCH3 is 1. The van der Waals surface area contributed by atoms with Crippen molar-refractivity contribution in [1.29, 1.82) is 0 Å². The normalized spacial score (nSPS) is 16.6. The van der Waals surface area contributed by atoms with Crippen LogP contribution in [-0.4, -0.2) is 103 Å². The summed E-state index contributed by atoms with van der Waals surface area (Å²) >= 11 is 2.22. The molecule has 310 valence electrons. The molecule has 0 spiro atoms. The standard InChI is InChI=1S/C37H44N10O8S2.BrH/c1-7-54-43-26(29-41-35(57-44-29)42-36(51)55-37(2,3)4)31(48)40-27-32(49)47-28(34(50)53-19-22-11-13-24(52-6)14-12-22)23(20-56-33(27)47)18-46-21-45(17-9-15-38-5)25-10-8-16-39-30(25)46;/h8,10-14,16,21,27,33,38H,7,9,15,17-20H2,1-6H3,(H-,40,41,42,44,48,51);1H/b43-26-;. The van der Waals surface area contributed by atoms with Gasteiger partial charge in [-0.1, -0.05) is 17.3 Å². The second-order valence-electron chi connectivity index (χ2n) is 13.9. The summed E-state index contributed by atoms with van der Waals surface area (Å²) in [5.41, 5.74) is 2.13. The van der Waals surface area contributed by atoms with Crippen LogP contribution in [0.15, 0.2) is 65.3 Å². The first kappa shape index (κ1) is 44.0. The molecule has 1 aromatic carbocycles. The van der Waals surface area contributed by atoms with Gasteiger partial charge in [-0.25, -0.2) is 14.2 Å². The zero-order valence-electron chi connectivity index (χ0n) is 32.8. The second-order valence-corrected chi connectivity index (χ2v) is 15.7. The molecule has 2 atom stereocenters. The molecule has 2 unspecified atom stereocenters. The van der Waals surface area contributed by atoms with E-state index < -0.39 is 40.9 Å². The van der Waals surface area contributed by atoms with Crippen LogP contribution in [0.25, 0.3) is 11.2 Å². The number of imidazole rings is 1. The molecule has 0 aliphatic carbocycles. The number of rotatable bonds is 16. The van der Waals surface area contributed by atoms with Crippen molar-refractivity contribution in [3.05, 3.63) is 71.6 Å². The first-order valence-electron chi connectivity index (χ1n) is 18.2. The number of anilines is 1. The van der Waals surface area contributed by atoms with Crippen molar-refractivity contribution >= 4 is 69.2 Å². The predicted molar refractivity (Wildman–Crippen MR) is 211 cm³/mol. The van der Waals surface area contributed by atoms with Crippen LogP contribution in [0.3, 0.4) is 0 Å². The van der Waals surface area contributed by atoms with Crippen molar-refractivity contribution in [2.45, 2.75) is 70.8 Å². The first-order valence-corrected chi connectivity index (χ1v) is 20.0. The van der Waals surface area contributed by atoms with E-state index >= 15 is 0 Å². The van der Waals surface area contributed by atoms with Gasteiger partial charge in [0.2, 0.25) is 16.7 Å². The molecule has 0 bridgehead atoms. The number of amides is 3. The average Bonchev–Trinajstić information content (AvgIpc) is 3.79. The van der Waals surface area contributed by atoms with E-state index in [2.05, 4.69) is 40.0 Å². The number of thioether (sulfide) groups is 1. The van der Waals surface area contributed by atoms with Crippen molar-refractivity contribution in [2.75, 3.05) is 38.4 Å². The average molecular weight is 902 g/mol. The monoisotopic (exact) mass is 900 g/mol. The molecular weight excluding hydrogens is 857 g/mol. The van der Waals surface area contributed by atoms with Crippen LogP contribution in [0.5, 0.6) is 5.75 Å². The minimum Gasteiger partial charge on any atom is -1.00 e. The third-order valence-corrected chi connectivity index (χ3v) is 10.6. The molecule has 1 saturated heterocycles. The Hall–Kier alpha value is -5.12. The van der Waals surface area contributed by atoms with E-state index in [0.717, 1.165) is 47.8 Å². The van der Waals surface area contributed by atoms with E-state index in [1.807, 2.05) is 30.1 Å². The zero-order chi connectivity index (χ0) is 40.7. The number of esters is 1. The van der Waals surface area contributed by atoms with Crippen LogP contribution in [0.2, 0.25) is 0 Å².